The second-order valence-electron chi connectivity index (χ2n) is 6.15. The maximum Gasteiger partial charge on any atom is 0.234 e. The molecular formula is C17H21FN4OS2. The summed E-state index contributed by atoms with van der Waals surface area (Å²) in [5, 5.41) is 15.2. The summed E-state index contributed by atoms with van der Waals surface area (Å²) < 4.78 is 14.2. The second kappa shape index (κ2) is 8.62. The number of carbonyl (C=O) groups is 1. The second-order valence-corrected chi connectivity index (χ2v) is 8.35. The number of hydrogen-bond donors (Lipinski definition) is 2. The van der Waals surface area contributed by atoms with Crippen LogP contribution in [0.4, 0.5) is 15.2 Å². The lowest BCUT2D eigenvalue weighted by atomic mass is 9.96. The summed E-state index contributed by atoms with van der Waals surface area (Å²) in [5.74, 6) is -0.300. The van der Waals surface area contributed by atoms with Crippen molar-refractivity contribution in [1.29, 1.82) is 0 Å². The summed E-state index contributed by atoms with van der Waals surface area (Å²) in [7, 11) is 0. The van der Waals surface area contributed by atoms with Crippen molar-refractivity contribution in [1.82, 2.24) is 10.2 Å². The fraction of sp³-hybridized carbons (Fsp3) is 0.471. The van der Waals surface area contributed by atoms with Crippen LogP contribution in [0.15, 0.2) is 22.5 Å². The Bertz CT molecular complexity index is 731. The normalized spacial score (nSPS) is 15.1. The van der Waals surface area contributed by atoms with Crippen LogP contribution in [0.3, 0.4) is 0 Å². The number of anilines is 2. The van der Waals surface area contributed by atoms with Crippen LogP contribution in [0.5, 0.6) is 0 Å². The fourth-order valence-corrected chi connectivity index (χ4v) is 4.37. The van der Waals surface area contributed by atoms with Crippen LogP contribution < -0.4 is 10.6 Å². The predicted octanol–water partition coefficient (Wildman–Crippen LogP) is 4.46. The minimum atomic E-state index is -0.326. The maximum absolute atomic E-state index is 13.5. The molecule has 1 aromatic heterocycles. The molecule has 5 nitrogen and oxygen atoms in total. The first kappa shape index (κ1) is 18.1. The zero-order chi connectivity index (χ0) is 17.6. The third-order valence-electron chi connectivity index (χ3n) is 4.12. The van der Waals surface area contributed by atoms with Crippen molar-refractivity contribution in [2.24, 2.45) is 0 Å². The van der Waals surface area contributed by atoms with E-state index in [4.69, 9.17) is 0 Å². The van der Waals surface area contributed by atoms with Crippen LogP contribution in [-0.4, -0.2) is 27.9 Å². The van der Waals surface area contributed by atoms with Crippen LogP contribution in [-0.2, 0) is 4.79 Å². The molecular weight excluding hydrogens is 359 g/mol. The van der Waals surface area contributed by atoms with Crippen molar-refractivity contribution in [2.75, 3.05) is 16.4 Å². The minimum absolute atomic E-state index is 0.190. The number of carbonyl (C=O) groups excluding carboxylic acids is 1. The maximum atomic E-state index is 13.5. The Kier molecular flexibility index (Phi) is 6.25. The van der Waals surface area contributed by atoms with Gasteiger partial charge in [0.15, 0.2) is 4.34 Å². The van der Waals surface area contributed by atoms with E-state index in [0.717, 1.165) is 9.47 Å². The smallest absolute Gasteiger partial charge is 0.234 e. The average molecular weight is 381 g/mol. The Morgan fingerprint density at radius 3 is 2.88 bits per heavy atom. The molecule has 0 saturated heterocycles. The van der Waals surface area contributed by atoms with Gasteiger partial charge in [-0.1, -0.05) is 48.4 Å². The Morgan fingerprint density at radius 2 is 2.12 bits per heavy atom. The molecule has 3 rings (SSSR count). The topological polar surface area (TPSA) is 66.9 Å². The summed E-state index contributed by atoms with van der Waals surface area (Å²) in [6, 6.07) is 5.15. The van der Waals surface area contributed by atoms with E-state index in [-0.39, 0.29) is 17.5 Å². The van der Waals surface area contributed by atoms with Crippen molar-refractivity contribution in [3.8, 4) is 0 Å². The van der Waals surface area contributed by atoms with E-state index >= 15 is 0 Å². The van der Waals surface area contributed by atoms with Crippen LogP contribution in [0.2, 0.25) is 0 Å². The number of halogens is 1. The van der Waals surface area contributed by atoms with Crippen molar-refractivity contribution in [3.63, 3.8) is 0 Å². The molecule has 1 saturated carbocycles. The Labute approximate surface area is 154 Å². The van der Waals surface area contributed by atoms with Crippen molar-refractivity contribution in [2.45, 2.75) is 49.4 Å². The molecule has 1 amide bonds. The first-order valence-electron chi connectivity index (χ1n) is 8.39. The first-order valence-corrected chi connectivity index (χ1v) is 10.2. The third kappa shape index (κ3) is 5.40. The molecule has 1 aromatic carbocycles. The molecule has 1 heterocycles. The summed E-state index contributed by atoms with van der Waals surface area (Å²) in [6.07, 6.45) is 6.19. The average Bonchev–Trinajstić information content (AvgIpc) is 3.05. The summed E-state index contributed by atoms with van der Waals surface area (Å²) in [6.45, 7) is 1.69. The molecule has 134 valence electrons. The zero-order valence-electron chi connectivity index (χ0n) is 14.0. The van der Waals surface area contributed by atoms with Gasteiger partial charge in [0.05, 0.1) is 5.75 Å². The number of thioether (sulfide) groups is 1. The van der Waals surface area contributed by atoms with E-state index in [0.29, 0.717) is 17.3 Å². The van der Waals surface area contributed by atoms with Gasteiger partial charge in [0.25, 0.3) is 0 Å². The van der Waals surface area contributed by atoms with Crippen molar-refractivity contribution >= 4 is 39.8 Å². The molecule has 2 N–H and O–H groups in total. The van der Waals surface area contributed by atoms with Gasteiger partial charge in [0.2, 0.25) is 11.0 Å². The van der Waals surface area contributed by atoms with Crippen molar-refractivity contribution in [3.05, 3.63) is 29.6 Å². The molecule has 0 radical (unpaired) electrons. The van der Waals surface area contributed by atoms with Gasteiger partial charge in [-0.3, -0.25) is 4.79 Å². The van der Waals surface area contributed by atoms with Gasteiger partial charge in [-0.05, 0) is 37.5 Å². The first-order chi connectivity index (χ1) is 12.1. The molecule has 2 aromatic rings. The SMILES string of the molecule is Cc1ccc(NC(=O)CSc2nnc(NC3CCCCC3)s2)cc1F. The highest BCUT2D eigenvalue weighted by atomic mass is 32.2. The highest BCUT2D eigenvalue weighted by Gasteiger charge is 2.15. The van der Waals surface area contributed by atoms with Crippen LogP contribution in [0.1, 0.15) is 37.7 Å². The van der Waals surface area contributed by atoms with Crippen LogP contribution >= 0.6 is 23.1 Å². The van der Waals surface area contributed by atoms with Gasteiger partial charge in [-0.25, -0.2) is 4.39 Å². The zero-order valence-corrected chi connectivity index (χ0v) is 15.7. The molecule has 1 aliphatic rings. The standard InChI is InChI=1S/C17H21FN4OS2/c1-11-7-8-13(9-14(11)18)19-15(23)10-24-17-22-21-16(25-17)20-12-5-3-2-4-6-12/h7-9,12H,2-6,10H2,1H3,(H,19,23)(H,20,21). The van der Waals surface area contributed by atoms with Gasteiger partial charge >= 0.3 is 0 Å². The number of benzene rings is 1. The van der Waals surface area contributed by atoms with Gasteiger partial charge in [0, 0.05) is 11.7 Å². The minimum Gasteiger partial charge on any atom is -0.357 e. The van der Waals surface area contributed by atoms with Crippen LogP contribution in [0.25, 0.3) is 0 Å². The lowest BCUT2D eigenvalue weighted by Crippen LogP contribution is -2.21. The number of hydrogen-bond acceptors (Lipinski definition) is 6. The van der Waals surface area contributed by atoms with Crippen molar-refractivity contribution < 1.29 is 9.18 Å². The summed E-state index contributed by atoms with van der Waals surface area (Å²) in [5.41, 5.74) is 1.02. The molecule has 1 aliphatic carbocycles. The van der Waals surface area contributed by atoms with Gasteiger partial charge in [-0.15, -0.1) is 10.2 Å². The number of amides is 1. The van der Waals surface area contributed by atoms with E-state index in [2.05, 4.69) is 20.8 Å². The van der Waals surface area contributed by atoms with Gasteiger partial charge in [-0.2, -0.15) is 0 Å². The molecule has 0 bridgehead atoms. The fourth-order valence-electron chi connectivity index (χ4n) is 2.74. The number of aryl methyl sites for hydroxylation is 1. The van der Waals surface area contributed by atoms with Gasteiger partial charge < -0.3 is 10.6 Å². The highest BCUT2D eigenvalue weighted by Crippen LogP contribution is 2.28. The monoisotopic (exact) mass is 380 g/mol. The highest BCUT2D eigenvalue weighted by molar-refractivity contribution is 8.01. The number of nitrogens with one attached hydrogen (secondary N) is 2. The van der Waals surface area contributed by atoms with E-state index in [1.165, 1.54) is 61.3 Å². The van der Waals surface area contributed by atoms with E-state index < -0.39 is 0 Å². The molecule has 0 atom stereocenters. The molecule has 8 heteroatoms. The third-order valence-corrected chi connectivity index (χ3v) is 6.11. The summed E-state index contributed by atoms with van der Waals surface area (Å²) >= 11 is 2.81. The summed E-state index contributed by atoms with van der Waals surface area (Å²) in [4.78, 5) is 12.0. The lowest BCUT2D eigenvalue weighted by Gasteiger charge is -2.21. The quantitative estimate of drug-likeness (QED) is 0.724. The molecule has 25 heavy (non-hydrogen) atoms. The van der Waals surface area contributed by atoms with Gasteiger partial charge in [0.1, 0.15) is 5.82 Å². The molecule has 0 spiro atoms. The number of nitrogens with zero attached hydrogens (tertiary/aromatic N) is 2. The Hall–Kier alpha value is -1.67. The lowest BCUT2D eigenvalue weighted by molar-refractivity contribution is -0.113. The van der Waals surface area contributed by atoms with Crippen LogP contribution in [0, 0.1) is 12.7 Å². The number of aromatic nitrogens is 2. The number of rotatable bonds is 6. The largest absolute Gasteiger partial charge is 0.357 e. The molecule has 0 unspecified atom stereocenters. The molecule has 1 fully saturated rings. The Balaban J connectivity index is 1.46. The van der Waals surface area contributed by atoms with E-state index in [1.807, 2.05) is 0 Å². The van der Waals surface area contributed by atoms with E-state index in [9.17, 15) is 9.18 Å². The Morgan fingerprint density at radius 1 is 1.32 bits per heavy atom. The molecule has 0 aliphatic heterocycles. The predicted molar refractivity (Wildman–Crippen MR) is 101 cm³/mol. The van der Waals surface area contributed by atoms with E-state index in [1.54, 1.807) is 19.1 Å².